The third kappa shape index (κ3) is 1.42. The first kappa shape index (κ1) is 8.24. The zero-order valence-corrected chi connectivity index (χ0v) is 6.79. The van der Waals surface area contributed by atoms with Crippen molar-refractivity contribution >= 4 is 11.9 Å². The van der Waals surface area contributed by atoms with Gasteiger partial charge in [-0.1, -0.05) is 20.3 Å². The van der Waals surface area contributed by atoms with Crippen molar-refractivity contribution in [3.63, 3.8) is 0 Å². The Morgan fingerprint density at radius 2 is 2.00 bits per heavy atom. The second kappa shape index (κ2) is 3.03. The topological polar surface area (TPSA) is 43.4 Å². The normalized spacial score (nSPS) is 30.7. The highest BCUT2D eigenvalue weighted by molar-refractivity contribution is 5.96. The summed E-state index contributed by atoms with van der Waals surface area (Å²) < 4.78 is 4.46. The van der Waals surface area contributed by atoms with Crippen molar-refractivity contribution in [2.45, 2.75) is 26.7 Å². The molecule has 3 heteroatoms. The minimum atomic E-state index is -0.367. The minimum absolute atomic E-state index is 0.188. The van der Waals surface area contributed by atoms with Crippen LogP contribution in [0, 0.1) is 11.8 Å². The van der Waals surface area contributed by atoms with Gasteiger partial charge in [0, 0.05) is 0 Å². The number of ether oxygens (including phenoxy) is 1. The lowest BCUT2D eigenvalue weighted by molar-refractivity contribution is -0.153. The molecule has 3 nitrogen and oxygen atoms in total. The van der Waals surface area contributed by atoms with Crippen molar-refractivity contribution in [2.24, 2.45) is 11.8 Å². The summed E-state index contributed by atoms with van der Waals surface area (Å²) in [6.45, 7) is 3.73. The number of hydrogen-bond donors (Lipinski definition) is 0. The summed E-state index contributed by atoms with van der Waals surface area (Å²) in [5, 5.41) is 0. The van der Waals surface area contributed by atoms with Crippen molar-refractivity contribution in [1.82, 2.24) is 0 Å². The van der Waals surface area contributed by atoms with E-state index in [-0.39, 0.29) is 23.8 Å². The molecular weight excluding hydrogens is 144 g/mol. The molecule has 1 aliphatic heterocycles. The first-order valence-electron chi connectivity index (χ1n) is 3.92. The van der Waals surface area contributed by atoms with Crippen LogP contribution in [0.4, 0.5) is 0 Å². The van der Waals surface area contributed by atoms with Gasteiger partial charge in [0.2, 0.25) is 0 Å². The van der Waals surface area contributed by atoms with Crippen molar-refractivity contribution in [3.8, 4) is 0 Å². The summed E-state index contributed by atoms with van der Waals surface area (Å²) >= 11 is 0. The van der Waals surface area contributed by atoms with Crippen LogP contribution in [-0.4, -0.2) is 11.9 Å². The molecule has 2 atom stereocenters. The predicted molar refractivity (Wildman–Crippen MR) is 38.7 cm³/mol. The molecule has 0 bridgehead atoms. The standard InChI is InChI=1S/C8H12O3/c1-3-4-6-5(2)7(9)11-8(6)10/h5-6H,3-4H2,1-2H3. The molecule has 0 N–H and O–H groups in total. The Morgan fingerprint density at radius 3 is 2.36 bits per heavy atom. The van der Waals surface area contributed by atoms with Crippen LogP contribution in [0.5, 0.6) is 0 Å². The SMILES string of the molecule is CCCC1C(=O)OC(=O)C1C. The van der Waals surface area contributed by atoms with Gasteiger partial charge in [-0.25, -0.2) is 0 Å². The van der Waals surface area contributed by atoms with E-state index >= 15 is 0 Å². The molecule has 0 aliphatic carbocycles. The maximum Gasteiger partial charge on any atom is 0.317 e. The number of hydrogen-bond acceptors (Lipinski definition) is 3. The molecule has 0 amide bonds. The summed E-state index contributed by atoms with van der Waals surface area (Å²) in [6, 6.07) is 0. The molecule has 1 heterocycles. The van der Waals surface area contributed by atoms with Crippen LogP contribution in [0.2, 0.25) is 0 Å². The lowest BCUT2D eigenvalue weighted by Crippen LogP contribution is -2.13. The fraction of sp³-hybridized carbons (Fsp3) is 0.750. The summed E-state index contributed by atoms with van der Waals surface area (Å²) in [7, 11) is 0. The van der Waals surface area contributed by atoms with Crippen LogP contribution in [0.25, 0.3) is 0 Å². The molecule has 0 aromatic heterocycles. The summed E-state index contributed by atoms with van der Waals surface area (Å²) in [5.74, 6) is -1.13. The molecule has 0 saturated carbocycles. The highest BCUT2D eigenvalue weighted by atomic mass is 16.6. The van der Waals surface area contributed by atoms with E-state index in [1.54, 1.807) is 6.92 Å². The van der Waals surface area contributed by atoms with E-state index in [4.69, 9.17) is 0 Å². The van der Waals surface area contributed by atoms with Gasteiger partial charge in [0.25, 0.3) is 0 Å². The maximum atomic E-state index is 10.9. The summed E-state index contributed by atoms with van der Waals surface area (Å²) in [5.41, 5.74) is 0. The zero-order chi connectivity index (χ0) is 8.43. The van der Waals surface area contributed by atoms with Crippen LogP contribution >= 0.6 is 0 Å². The van der Waals surface area contributed by atoms with Gasteiger partial charge in [-0.3, -0.25) is 9.59 Å². The lowest BCUT2D eigenvalue weighted by atomic mass is 9.93. The Balaban J connectivity index is 2.63. The minimum Gasteiger partial charge on any atom is -0.393 e. The van der Waals surface area contributed by atoms with Gasteiger partial charge in [-0.15, -0.1) is 0 Å². The Bertz CT molecular complexity index is 186. The van der Waals surface area contributed by atoms with Crippen LogP contribution in [0.3, 0.4) is 0 Å². The van der Waals surface area contributed by atoms with Gasteiger partial charge in [0.15, 0.2) is 0 Å². The summed E-state index contributed by atoms with van der Waals surface area (Å²) in [4.78, 5) is 21.8. The number of carbonyl (C=O) groups excluding carboxylic acids is 2. The highest BCUT2D eigenvalue weighted by Crippen LogP contribution is 2.26. The Morgan fingerprint density at radius 1 is 1.36 bits per heavy atom. The van der Waals surface area contributed by atoms with Crippen LogP contribution in [0.1, 0.15) is 26.7 Å². The molecule has 0 radical (unpaired) electrons. The van der Waals surface area contributed by atoms with E-state index in [9.17, 15) is 9.59 Å². The van der Waals surface area contributed by atoms with Crippen LogP contribution < -0.4 is 0 Å². The second-order valence-electron chi connectivity index (χ2n) is 2.92. The lowest BCUT2D eigenvalue weighted by Gasteiger charge is -2.05. The summed E-state index contributed by atoms with van der Waals surface area (Å²) in [6.07, 6.45) is 1.67. The third-order valence-corrected chi connectivity index (χ3v) is 2.08. The molecule has 2 unspecified atom stereocenters. The van der Waals surface area contributed by atoms with E-state index in [1.165, 1.54) is 0 Å². The van der Waals surface area contributed by atoms with Crippen LogP contribution in [-0.2, 0) is 14.3 Å². The van der Waals surface area contributed by atoms with Gasteiger partial charge in [-0.05, 0) is 6.42 Å². The molecule has 1 fully saturated rings. The zero-order valence-electron chi connectivity index (χ0n) is 6.79. The monoisotopic (exact) mass is 156 g/mol. The molecule has 0 aromatic carbocycles. The fourth-order valence-electron chi connectivity index (χ4n) is 1.32. The number of esters is 2. The van der Waals surface area contributed by atoms with Gasteiger partial charge >= 0.3 is 11.9 Å². The largest absolute Gasteiger partial charge is 0.393 e. The van der Waals surface area contributed by atoms with Crippen molar-refractivity contribution in [3.05, 3.63) is 0 Å². The molecule has 62 valence electrons. The predicted octanol–water partition coefficient (Wildman–Crippen LogP) is 1.12. The molecule has 1 aliphatic rings. The average Bonchev–Trinajstić information content (AvgIpc) is 2.17. The average molecular weight is 156 g/mol. The van der Waals surface area contributed by atoms with Crippen molar-refractivity contribution < 1.29 is 14.3 Å². The number of carbonyl (C=O) groups is 2. The maximum absolute atomic E-state index is 10.9. The molecule has 0 aromatic rings. The van der Waals surface area contributed by atoms with Crippen molar-refractivity contribution in [2.75, 3.05) is 0 Å². The second-order valence-corrected chi connectivity index (χ2v) is 2.92. The van der Waals surface area contributed by atoms with Gasteiger partial charge < -0.3 is 4.74 Å². The van der Waals surface area contributed by atoms with Gasteiger partial charge in [0.05, 0.1) is 11.8 Å². The first-order valence-corrected chi connectivity index (χ1v) is 3.92. The molecule has 1 rings (SSSR count). The fourth-order valence-corrected chi connectivity index (χ4v) is 1.32. The molecule has 11 heavy (non-hydrogen) atoms. The van der Waals surface area contributed by atoms with Gasteiger partial charge in [0.1, 0.15) is 0 Å². The Kier molecular flexibility index (Phi) is 2.27. The van der Waals surface area contributed by atoms with E-state index in [2.05, 4.69) is 4.74 Å². The number of cyclic esters (lactones) is 2. The smallest absolute Gasteiger partial charge is 0.317 e. The third-order valence-electron chi connectivity index (χ3n) is 2.08. The Labute approximate surface area is 65.7 Å². The first-order chi connectivity index (χ1) is 5.16. The van der Waals surface area contributed by atoms with E-state index < -0.39 is 0 Å². The molecule has 1 saturated heterocycles. The van der Waals surface area contributed by atoms with E-state index in [0.717, 1.165) is 12.8 Å². The molecular formula is C8H12O3. The molecule has 0 spiro atoms. The van der Waals surface area contributed by atoms with E-state index in [0.29, 0.717) is 0 Å². The highest BCUT2D eigenvalue weighted by Gasteiger charge is 2.40. The van der Waals surface area contributed by atoms with Crippen LogP contribution in [0.15, 0.2) is 0 Å². The Hall–Kier alpha value is -0.860. The van der Waals surface area contributed by atoms with E-state index in [1.807, 2.05) is 6.92 Å². The quantitative estimate of drug-likeness (QED) is 0.444. The van der Waals surface area contributed by atoms with Gasteiger partial charge in [-0.2, -0.15) is 0 Å². The number of rotatable bonds is 2. The van der Waals surface area contributed by atoms with Crippen molar-refractivity contribution in [1.29, 1.82) is 0 Å².